The molecule has 1 amide bonds. The molecule has 0 radical (unpaired) electrons. The van der Waals surface area contributed by atoms with E-state index in [4.69, 9.17) is 11.6 Å². The first-order valence-corrected chi connectivity index (χ1v) is 11.0. The predicted octanol–water partition coefficient (Wildman–Crippen LogP) is 5.31. The number of nitro groups is 1. The summed E-state index contributed by atoms with van der Waals surface area (Å²) in [7, 11) is 0. The minimum atomic E-state index is -0.524. The summed E-state index contributed by atoms with van der Waals surface area (Å²) in [6.45, 7) is 3.79. The summed E-state index contributed by atoms with van der Waals surface area (Å²) in [6.07, 6.45) is 0. The third kappa shape index (κ3) is 4.44. The van der Waals surface area contributed by atoms with Crippen molar-refractivity contribution in [2.45, 2.75) is 18.9 Å². The minimum absolute atomic E-state index is 0.0553. The predicted molar refractivity (Wildman–Crippen MR) is 125 cm³/mol. The highest BCUT2D eigenvalue weighted by molar-refractivity contribution is 7.99. The third-order valence-corrected chi connectivity index (χ3v) is 5.96. The molecule has 0 aliphatic rings. The average molecular weight is 468 g/mol. The molecule has 0 saturated carbocycles. The molecule has 0 saturated heterocycles. The van der Waals surface area contributed by atoms with Gasteiger partial charge in [-0.15, -0.1) is 0 Å². The van der Waals surface area contributed by atoms with Crippen LogP contribution < -0.4 is 5.32 Å². The van der Waals surface area contributed by atoms with Crippen molar-refractivity contribution < 1.29 is 9.72 Å². The second kappa shape index (κ2) is 8.97. The minimum Gasteiger partial charge on any atom is -0.320 e. The van der Waals surface area contributed by atoms with Gasteiger partial charge in [0.15, 0.2) is 5.65 Å². The summed E-state index contributed by atoms with van der Waals surface area (Å²) in [6, 6.07) is 15.4. The number of para-hydroxylation sites is 2. The Morgan fingerprint density at radius 3 is 2.62 bits per heavy atom. The van der Waals surface area contributed by atoms with Crippen molar-refractivity contribution in [2.24, 2.45) is 0 Å². The molecule has 4 aromatic rings. The molecule has 0 aliphatic carbocycles. The quantitative estimate of drug-likeness (QED) is 0.178. The van der Waals surface area contributed by atoms with Crippen molar-refractivity contribution in [2.75, 3.05) is 11.1 Å². The van der Waals surface area contributed by atoms with Crippen LogP contribution in [0, 0.1) is 24.0 Å². The molecule has 2 heterocycles. The Kier molecular flexibility index (Phi) is 6.11. The van der Waals surface area contributed by atoms with Crippen LogP contribution in [0.1, 0.15) is 11.4 Å². The Morgan fingerprint density at radius 1 is 1.19 bits per heavy atom. The Bertz CT molecular complexity index is 1340. The van der Waals surface area contributed by atoms with E-state index in [1.807, 2.05) is 44.2 Å². The molecule has 0 bridgehead atoms. The van der Waals surface area contributed by atoms with Crippen molar-refractivity contribution in [3.63, 3.8) is 0 Å². The van der Waals surface area contributed by atoms with Gasteiger partial charge in [-0.1, -0.05) is 47.6 Å². The lowest BCUT2D eigenvalue weighted by molar-refractivity contribution is -0.383. The number of rotatable bonds is 6. The van der Waals surface area contributed by atoms with Gasteiger partial charge in [0.05, 0.1) is 16.4 Å². The fourth-order valence-corrected chi connectivity index (χ4v) is 4.31. The molecular weight excluding hydrogens is 450 g/mol. The number of nitro benzene ring substituents is 1. The van der Waals surface area contributed by atoms with Crippen molar-refractivity contribution in [1.82, 2.24) is 14.6 Å². The van der Waals surface area contributed by atoms with Crippen molar-refractivity contribution in [3.8, 4) is 11.1 Å². The van der Waals surface area contributed by atoms with Crippen molar-refractivity contribution in [3.05, 3.63) is 81.1 Å². The highest BCUT2D eigenvalue weighted by Gasteiger charge is 2.18. The molecule has 10 heteroatoms. The van der Waals surface area contributed by atoms with E-state index in [9.17, 15) is 14.9 Å². The number of hydrogen-bond donors (Lipinski definition) is 1. The Balaban J connectivity index is 1.60. The molecular formula is C22H18ClN5O3S. The molecule has 4 rings (SSSR count). The molecule has 0 spiro atoms. The fraction of sp³-hybridized carbons (Fsp3) is 0.136. The van der Waals surface area contributed by atoms with E-state index >= 15 is 0 Å². The van der Waals surface area contributed by atoms with Crippen LogP contribution in [0.2, 0.25) is 5.02 Å². The number of fused-ring (bicyclic) bond motifs is 1. The summed E-state index contributed by atoms with van der Waals surface area (Å²) in [5.41, 5.74) is 4.14. The van der Waals surface area contributed by atoms with Gasteiger partial charge in [0, 0.05) is 22.3 Å². The standard InChI is InChI=1S/C22H18ClN5O3S/c1-13-11-20(32-12-19(29)25-17-5-3-4-6-18(17)28(30)31)27-22(24-13)21(14(2)26-27)15-7-9-16(23)10-8-15/h3-11H,12H2,1-2H3,(H,25,29). The first kappa shape index (κ1) is 21.8. The number of benzene rings is 2. The number of carbonyl (C=O) groups is 1. The number of halogens is 1. The van der Waals surface area contributed by atoms with Gasteiger partial charge < -0.3 is 5.32 Å². The highest BCUT2D eigenvalue weighted by atomic mass is 35.5. The number of nitrogens with one attached hydrogen (secondary N) is 1. The van der Waals surface area contributed by atoms with Crippen LogP contribution in [0.25, 0.3) is 16.8 Å². The highest BCUT2D eigenvalue weighted by Crippen LogP contribution is 2.31. The van der Waals surface area contributed by atoms with Crippen LogP contribution in [0.3, 0.4) is 0 Å². The summed E-state index contributed by atoms with van der Waals surface area (Å²) >= 11 is 7.31. The van der Waals surface area contributed by atoms with E-state index in [1.165, 1.54) is 23.9 Å². The molecule has 0 atom stereocenters. The number of hydrogen-bond acceptors (Lipinski definition) is 6. The van der Waals surface area contributed by atoms with Crippen LogP contribution >= 0.6 is 23.4 Å². The number of aryl methyl sites for hydroxylation is 2. The van der Waals surface area contributed by atoms with Gasteiger partial charge in [-0.05, 0) is 43.7 Å². The third-order valence-electron chi connectivity index (χ3n) is 4.72. The van der Waals surface area contributed by atoms with Crippen molar-refractivity contribution in [1.29, 1.82) is 0 Å². The van der Waals surface area contributed by atoms with E-state index in [1.54, 1.807) is 16.6 Å². The van der Waals surface area contributed by atoms with Gasteiger partial charge >= 0.3 is 0 Å². The largest absolute Gasteiger partial charge is 0.320 e. The van der Waals surface area contributed by atoms with Gasteiger partial charge in [-0.25, -0.2) is 9.50 Å². The Morgan fingerprint density at radius 2 is 1.91 bits per heavy atom. The number of anilines is 1. The number of nitrogens with zero attached hydrogens (tertiary/aromatic N) is 4. The Labute approximate surface area is 192 Å². The van der Waals surface area contributed by atoms with E-state index in [0.717, 1.165) is 27.5 Å². The maximum Gasteiger partial charge on any atom is 0.292 e. The lowest BCUT2D eigenvalue weighted by Crippen LogP contribution is -2.15. The van der Waals surface area contributed by atoms with E-state index < -0.39 is 4.92 Å². The molecule has 0 aliphatic heterocycles. The van der Waals surface area contributed by atoms with E-state index in [2.05, 4.69) is 15.4 Å². The molecule has 2 aromatic heterocycles. The molecule has 0 unspecified atom stereocenters. The fourth-order valence-electron chi connectivity index (χ4n) is 3.33. The summed E-state index contributed by atoms with van der Waals surface area (Å²) in [5, 5.41) is 19.8. The average Bonchev–Trinajstić information content (AvgIpc) is 3.08. The Hall–Kier alpha value is -3.43. The topological polar surface area (TPSA) is 102 Å². The molecule has 0 fully saturated rings. The van der Waals surface area contributed by atoms with Gasteiger partial charge in [-0.3, -0.25) is 14.9 Å². The van der Waals surface area contributed by atoms with Crippen LogP contribution in [0.4, 0.5) is 11.4 Å². The molecule has 1 N–H and O–H groups in total. The second-order valence-corrected chi connectivity index (χ2v) is 8.48. The zero-order chi connectivity index (χ0) is 22.8. The lowest BCUT2D eigenvalue weighted by Gasteiger charge is -2.08. The van der Waals surface area contributed by atoms with Crippen LogP contribution in [-0.2, 0) is 4.79 Å². The lowest BCUT2D eigenvalue weighted by atomic mass is 10.1. The molecule has 162 valence electrons. The number of aromatic nitrogens is 3. The summed E-state index contributed by atoms with van der Waals surface area (Å²) in [4.78, 5) is 27.8. The maximum atomic E-state index is 12.5. The monoisotopic (exact) mass is 467 g/mol. The summed E-state index contributed by atoms with van der Waals surface area (Å²) < 4.78 is 1.72. The van der Waals surface area contributed by atoms with Crippen LogP contribution in [0.15, 0.2) is 59.6 Å². The maximum absolute atomic E-state index is 12.5. The first-order valence-electron chi connectivity index (χ1n) is 9.62. The molecule has 32 heavy (non-hydrogen) atoms. The van der Waals surface area contributed by atoms with Crippen LogP contribution in [0.5, 0.6) is 0 Å². The number of amides is 1. The first-order chi connectivity index (χ1) is 15.3. The zero-order valence-corrected chi connectivity index (χ0v) is 18.8. The molecule has 2 aromatic carbocycles. The van der Waals surface area contributed by atoms with Crippen LogP contribution in [-0.4, -0.2) is 31.2 Å². The van der Waals surface area contributed by atoms with E-state index in [-0.39, 0.29) is 23.0 Å². The van der Waals surface area contributed by atoms with Crippen molar-refractivity contribution >= 4 is 46.3 Å². The number of thioether (sulfide) groups is 1. The normalized spacial score (nSPS) is 11.0. The van der Waals surface area contributed by atoms with Gasteiger partial charge in [0.1, 0.15) is 10.7 Å². The summed E-state index contributed by atoms with van der Waals surface area (Å²) in [5.74, 6) is -0.298. The molecule has 8 nitrogen and oxygen atoms in total. The second-order valence-electron chi connectivity index (χ2n) is 7.05. The van der Waals surface area contributed by atoms with Gasteiger partial charge in [-0.2, -0.15) is 5.10 Å². The number of carbonyl (C=O) groups excluding carboxylic acids is 1. The SMILES string of the molecule is Cc1cc(SCC(=O)Nc2ccccc2[N+](=O)[O-])n2nc(C)c(-c3ccc(Cl)cc3)c2n1. The smallest absolute Gasteiger partial charge is 0.292 e. The van der Waals surface area contributed by atoms with Gasteiger partial charge in [0.25, 0.3) is 5.69 Å². The van der Waals surface area contributed by atoms with Gasteiger partial charge in [0.2, 0.25) is 5.91 Å². The van der Waals surface area contributed by atoms with E-state index in [0.29, 0.717) is 10.7 Å². The zero-order valence-electron chi connectivity index (χ0n) is 17.2.